The molecule has 0 aromatic rings. The second-order valence-corrected chi connectivity index (χ2v) is 5.23. The van der Waals surface area contributed by atoms with Gasteiger partial charge in [-0.1, -0.05) is 27.7 Å². The van der Waals surface area contributed by atoms with Crippen LogP contribution in [0.25, 0.3) is 0 Å². The highest BCUT2D eigenvalue weighted by molar-refractivity contribution is 5.80. The minimum atomic E-state index is -0.975. The first kappa shape index (κ1) is 15.7. The molecule has 100 valence electrons. The van der Waals surface area contributed by atoms with E-state index in [9.17, 15) is 9.59 Å². The first-order valence-corrected chi connectivity index (χ1v) is 5.95. The molecule has 0 unspecified atom stereocenters. The van der Waals surface area contributed by atoms with Gasteiger partial charge in [0.25, 0.3) is 0 Å². The highest BCUT2D eigenvalue weighted by Crippen LogP contribution is 2.05. The number of carbonyl (C=O) groups excluding carboxylic acids is 1. The van der Waals surface area contributed by atoms with E-state index in [0.29, 0.717) is 19.0 Å². The van der Waals surface area contributed by atoms with Crippen molar-refractivity contribution >= 4 is 12.0 Å². The molecule has 0 heterocycles. The smallest absolute Gasteiger partial charge is 0.323 e. The SMILES string of the molecule is CC(C)CN(C)C(=O)N(CC(=O)O)CC(C)C. The van der Waals surface area contributed by atoms with Crippen LogP contribution in [-0.2, 0) is 4.79 Å². The van der Waals surface area contributed by atoms with Crippen LogP contribution in [0.3, 0.4) is 0 Å². The van der Waals surface area contributed by atoms with Gasteiger partial charge in [0.15, 0.2) is 0 Å². The van der Waals surface area contributed by atoms with Gasteiger partial charge in [-0.2, -0.15) is 0 Å². The van der Waals surface area contributed by atoms with Crippen molar-refractivity contribution in [1.29, 1.82) is 0 Å². The summed E-state index contributed by atoms with van der Waals surface area (Å²) in [5, 5.41) is 8.80. The molecule has 0 radical (unpaired) electrons. The van der Waals surface area contributed by atoms with E-state index < -0.39 is 5.97 Å². The zero-order chi connectivity index (χ0) is 13.6. The summed E-state index contributed by atoms with van der Waals surface area (Å²) in [4.78, 5) is 25.7. The number of nitrogens with zero attached hydrogens (tertiary/aromatic N) is 2. The molecule has 0 aromatic heterocycles. The Hall–Kier alpha value is -1.26. The summed E-state index contributed by atoms with van der Waals surface area (Å²) in [7, 11) is 1.71. The zero-order valence-electron chi connectivity index (χ0n) is 11.4. The molecule has 0 aromatic carbocycles. The van der Waals surface area contributed by atoms with Crippen molar-refractivity contribution in [2.24, 2.45) is 11.8 Å². The Balaban J connectivity index is 4.55. The summed E-state index contributed by atoms with van der Waals surface area (Å²) in [5.41, 5.74) is 0. The molecule has 0 rings (SSSR count). The standard InChI is InChI=1S/C12H24N2O3/c1-9(2)6-13(5)12(17)14(7-10(3)4)8-11(15)16/h9-10H,6-8H2,1-5H3,(H,15,16). The lowest BCUT2D eigenvalue weighted by Crippen LogP contribution is -2.46. The lowest BCUT2D eigenvalue weighted by atomic mass is 10.2. The Labute approximate surface area is 103 Å². The third-order valence-electron chi connectivity index (χ3n) is 2.15. The lowest BCUT2D eigenvalue weighted by molar-refractivity contribution is -0.137. The largest absolute Gasteiger partial charge is 0.480 e. The molecular weight excluding hydrogens is 220 g/mol. The molecule has 5 heteroatoms. The van der Waals surface area contributed by atoms with Crippen LogP contribution in [-0.4, -0.2) is 53.6 Å². The van der Waals surface area contributed by atoms with Crippen molar-refractivity contribution in [3.05, 3.63) is 0 Å². The van der Waals surface area contributed by atoms with E-state index in [2.05, 4.69) is 0 Å². The second kappa shape index (κ2) is 7.14. The van der Waals surface area contributed by atoms with E-state index in [1.165, 1.54) is 4.90 Å². The molecule has 0 atom stereocenters. The van der Waals surface area contributed by atoms with Crippen LogP contribution in [0, 0.1) is 11.8 Å². The number of hydrogen-bond acceptors (Lipinski definition) is 2. The van der Waals surface area contributed by atoms with Gasteiger partial charge < -0.3 is 14.9 Å². The summed E-state index contributed by atoms with van der Waals surface area (Å²) in [6.07, 6.45) is 0. The van der Waals surface area contributed by atoms with Gasteiger partial charge in [-0.15, -0.1) is 0 Å². The fourth-order valence-corrected chi connectivity index (χ4v) is 1.68. The van der Waals surface area contributed by atoms with Gasteiger partial charge >= 0.3 is 12.0 Å². The Kier molecular flexibility index (Phi) is 6.61. The van der Waals surface area contributed by atoms with Crippen LogP contribution < -0.4 is 0 Å². The van der Waals surface area contributed by atoms with Gasteiger partial charge in [-0.3, -0.25) is 4.79 Å². The Morgan fingerprint density at radius 3 is 1.88 bits per heavy atom. The quantitative estimate of drug-likeness (QED) is 0.774. The monoisotopic (exact) mass is 244 g/mol. The molecule has 0 bridgehead atoms. The van der Waals surface area contributed by atoms with Gasteiger partial charge in [0.05, 0.1) is 0 Å². The van der Waals surface area contributed by atoms with Crippen molar-refractivity contribution in [1.82, 2.24) is 9.80 Å². The first-order chi connectivity index (χ1) is 7.73. The van der Waals surface area contributed by atoms with E-state index in [1.807, 2.05) is 27.7 Å². The minimum absolute atomic E-state index is 0.213. The molecule has 0 aliphatic rings. The Bertz CT molecular complexity index is 264. The third kappa shape index (κ3) is 6.81. The molecule has 17 heavy (non-hydrogen) atoms. The van der Waals surface area contributed by atoms with Crippen LogP contribution in [0.1, 0.15) is 27.7 Å². The number of hydrogen-bond donors (Lipinski definition) is 1. The number of amides is 2. The summed E-state index contributed by atoms with van der Waals surface area (Å²) >= 11 is 0. The second-order valence-electron chi connectivity index (χ2n) is 5.23. The molecule has 2 amide bonds. The number of carboxylic acid groups (broad SMARTS) is 1. The average molecular weight is 244 g/mol. The van der Waals surface area contributed by atoms with Crippen LogP contribution in [0.4, 0.5) is 4.79 Å². The van der Waals surface area contributed by atoms with E-state index in [4.69, 9.17) is 5.11 Å². The van der Waals surface area contributed by atoms with Crippen molar-refractivity contribution < 1.29 is 14.7 Å². The molecule has 0 aliphatic carbocycles. The summed E-state index contributed by atoms with van der Waals surface area (Å²) in [5.74, 6) is -0.350. The normalized spacial score (nSPS) is 10.8. The molecule has 5 nitrogen and oxygen atoms in total. The van der Waals surface area contributed by atoms with Gasteiger partial charge in [0, 0.05) is 20.1 Å². The highest BCUT2D eigenvalue weighted by atomic mass is 16.4. The first-order valence-electron chi connectivity index (χ1n) is 5.95. The number of aliphatic carboxylic acids is 1. The molecule has 0 aliphatic heterocycles. The van der Waals surface area contributed by atoms with Crippen LogP contribution in [0.15, 0.2) is 0 Å². The lowest BCUT2D eigenvalue weighted by Gasteiger charge is -2.29. The van der Waals surface area contributed by atoms with Crippen molar-refractivity contribution in [3.63, 3.8) is 0 Å². The topological polar surface area (TPSA) is 60.9 Å². The van der Waals surface area contributed by atoms with Crippen LogP contribution in [0.2, 0.25) is 0 Å². The maximum atomic E-state index is 12.0. The highest BCUT2D eigenvalue weighted by Gasteiger charge is 2.21. The molecule has 0 saturated carbocycles. The number of carboxylic acids is 1. The van der Waals surface area contributed by atoms with Crippen molar-refractivity contribution in [2.45, 2.75) is 27.7 Å². The average Bonchev–Trinajstić information content (AvgIpc) is 2.12. The zero-order valence-corrected chi connectivity index (χ0v) is 11.4. The molecule has 0 spiro atoms. The van der Waals surface area contributed by atoms with Gasteiger partial charge in [-0.25, -0.2) is 4.79 Å². The molecule has 0 saturated heterocycles. The number of urea groups is 1. The van der Waals surface area contributed by atoms with Gasteiger partial charge in [0.1, 0.15) is 6.54 Å². The maximum Gasteiger partial charge on any atom is 0.323 e. The Morgan fingerprint density at radius 2 is 1.53 bits per heavy atom. The van der Waals surface area contributed by atoms with E-state index in [1.54, 1.807) is 11.9 Å². The van der Waals surface area contributed by atoms with Crippen molar-refractivity contribution in [2.75, 3.05) is 26.7 Å². The molecular formula is C12H24N2O3. The predicted molar refractivity (Wildman–Crippen MR) is 66.9 cm³/mol. The minimum Gasteiger partial charge on any atom is -0.480 e. The predicted octanol–water partition coefficient (Wildman–Crippen LogP) is 1.74. The fourth-order valence-electron chi connectivity index (χ4n) is 1.68. The summed E-state index contributed by atoms with van der Waals surface area (Å²) in [6, 6.07) is -0.213. The van der Waals surface area contributed by atoms with Gasteiger partial charge in [0.2, 0.25) is 0 Å². The molecule has 0 fully saturated rings. The number of rotatable bonds is 6. The molecule has 1 N–H and O–H groups in total. The van der Waals surface area contributed by atoms with Gasteiger partial charge in [-0.05, 0) is 11.8 Å². The van der Waals surface area contributed by atoms with E-state index >= 15 is 0 Å². The van der Waals surface area contributed by atoms with Crippen LogP contribution in [0.5, 0.6) is 0 Å². The summed E-state index contributed by atoms with van der Waals surface area (Å²) in [6.45, 7) is 8.83. The van der Waals surface area contributed by atoms with Crippen molar-refractivity contribution in [3.8, 4) is 0 Å². The van der Waals surface area contributed by atoms with E-state index in [-0.39, 0.29) is 18.5 Å². The Morgan fingerprint density at radius 1 is 1.06 bits per heavy atom. The van der Waals surface area contributed by atoms with Crippen LogP contribution >= 0.6 is 0 Å². The maximum absolute atomic E-state index is 12.0. The third-order valence-corrected chi connectivity index (χ3v) is 2.15. The van der Waals surface area contributed by atoms with E-state index in [0.717, 1.165) is 0 Å². The summed E-state index contributed by atoms with van der Waals surface area (Å²) < 4.78 is 0. The fraction of sp³-hybridized carbons (Fsp3) is 0.833. The number of carbonyl (C=O) groups is 2.